The van der Waals surface area contributed by atoms with Gasteiger partial charge in [-0.25, -0.2) is 9.98 Å². The van der Waals surface area contributed by atoms with E-state index in [0.717, 1.165) is 56.8 Å². The third kappa shape index (κ3) is 11.8. The molecule has 3 atom stereocenters. The van der Waals surface area contributed by atoms with Gasteiger partial charge in [-0.05, 0) is 114 Å². The van der Waals surface area contributed by atoms with Crippen molar-refractivity contribution >= 4 is 46.0 Å². The van der Waals surface area contributed by atoms with Gasteiger partial charge in [0.25, 0.3) is 11.8 Å². The Labute approximate surface area is 425 Å². The summed E-state index contributed by atoms with van der Waals surface area (Å²) >= 11 is 1.58. The molecule has 2 aliphatic heterocycles. The van der Waals surface area contributed by atoms with Gasteiger partial charge in [0.2, 0.25) is 11.8 Å². The molecule has 0 aliphatic carbocycles. The van der Waals surface area contributed by atoms with Gasteiger partial charge in [0, 0.05) is 32.7 Å². The molecule has 4 heterocycles. The molecule has 0 radical (unpaired) electrons. The number of nitrogens with zero attached hydrogens (tertiary/aromatic N) is 5. The number of hydrogen-bond acceptors (Lipinski definition) is 12. The van der Waals surface area contributed by atoms with E-state index < -0.39 is 11.5 Å². The normalized spacial score (nSPS) is 17.4. The number of aryl methyl sites for hydroxylation is 1. The number of aromatic hydroxyl groups is 1. The minimum atomic E-state index is -1.13. The number of phenols is 1. The maximum Gasteiger partial charge on any atom is 0.257 e. The van der Waals surface area contributed by atoms with Crippen molar-refractivity contribution in [1.29, 1.82) is 0 Å². The summed E-state index contributed by atoms with van der Waals surface area (Å²) in [6, 6.07) is 34.8. The molecule has 72 heavy (non-hydrogen) atoms. The van der Waals surface area contributed by atoms with E-state index in [1.165, 1.54) is 5.57 Å². The smallest absolute Gasteiger partial charge is 0.257 e. The number of nitrogens with one attached hydrogen (secondary N) is 1. The number of carbonyl (C=O) groups is 3. The van der Waals surface area contributed by atoms with Crippen LogP contribution in [0.4, 0.5) is 0 Å². The third-order valence-corrected chi connectivity index (χ3v) is 14.4. The van der Waals surface area contributed by atoms with E-state index >= 15 is 0 Å². The monoisotopic (exact) mass is 992 g/mol. The number of allylic oxidation sites excluding steroid dienone is 1. The number of aromatic nitrogens is 2. The number of thiazole rings is 1. The van der Waals surface area contributed by atoms with Gasteiger partial charge in [0.15, 0.2) is 11.3 Å². The second kappa shape index (κ2) is 23.4. The summed E-state index contributed by atoms with van der Waals surface area (Å²) in [6.07, 6.45) is 3.15. The summed E-state index contributed by atoms with van der Waals surface area (Å²) in [7, 11) is 1.77. The van der Waals surface area contributed by atoms with Crippen molar-refractivity contribution in [2.24, 2.45) is 10.9 Å². The average Bonchev–Trinajstić information content (AvgIpc) is 4.22. The maximum absolute atomic E-state index is 14.3. The van der Waals surface area contributed by atoms with Crippen LogP contribution >= 0.6 is 11.3 Å². The molecule has 4 aromatic carbocycles. The van der Waals surface area contributed by atoms with Gasteiger partial charge in [-0.15, -0.1) is 11.3 Å². The number of likely N-dealkylation sites (N-methyl/N-ethyl adjacent to an activating group) is 1. The molecule has 2 aliphatic rings. The van der Waals surface area contributed by atoms with Gasteiger partial charge >= 0.3 is 0 Å². The minimum absolute atomic E-state index is 0.00118. The molecule has 1 unspecified atom stereocenters. The van der Waals surface area contributed by atoms with Crippen LogP contribution in [0.2, 0.25) is 0 Å². The number of hydrogen-bond donors (Lipinski definition) is 2. The molecule has 2 N–H and O–H groups in total. The highest BCUT2D eigenvalue weighted by molar-refractivity contribution is 7.13. The van der Waals surface area contributed by atoms with Crippen LogP contribution in [0.25, 0.3) is 21.6 Å². The zero-order chi connectivity index (χ0) is 50.8. The van der Waals surface area contributed by atoms with Crippen molar-refractivity contribution in [2.45, 2.75) is 84.2 Å². The molecule has 1 fully saturated rings. The summed E-state index contributed by atoms with van der Waals surface area (Å²) < 4.78 is 23.4. The van der Waals surface area contributed by atoms with Crippen molar-refractivity contribution < 1.29 is 38.2 Å². The SMILES string of the molecule is CC/C(=C(\c1ccc(O)cc1)c1ccc(OCCN(C)C(=O)CCCOCCOc2cc(C(C(=O)N3CCC[C@@H]3C3=N[C@@](C)(c4ccc(-c5scnc5C)cc4)C(=O)N3)C(C)C)on2)cc1)c1ccccc1. The number of amidine groups is 1. The van der Waals surface area contributed by atoms with Crippen LogP contribution in [0.3, 0.4) is 0 Å². The van der Waals surface area contributed by atoms with E-state index in [0.29, 0.717) is 62.9 Å². The van der Waals surface area contributed by atoms with Gasteiger partial charge < -0.3 is 39.0 Å². The van der Waals surface area contributed by atoms with Gasteiger partial charge in [-0.1, -0.05) is 99.6 Å². The highest BCUT2D eigenvalue weighted by Crippen LogP contribution is 2.38. The summed E-state index contributed by atoms with van der Waals surface area (Å²) in [5, 5.41) is 17.1. The molecular formula is C57H64N6O8S. The van der Waals surface area contributed by atoms with E-state index in [1.54, 1.807) is 41.5 Å². The zero-order valence-electron chi connectivity index (χ0n) is 41.9. The summed E-state index contributed by atoms with van der Waals surface area (Å²) in [6.45, 7) is 12.0. The van der Waals surface area contributed by atoms with Crippen molar-refractivity contribution in [3.05, 3.63) is 148 Å². The predicted molar refractivity (Wildman–Crippen MR) is 280 cm³/mol. The second-order valence-corrected chi connectivity index (χ2v) is 19.6. The van der Waals surface area contributed by atoms with Crippen LogP contribution in [-0.4, -0.2) is 101 Å². The second-order valence-electron chi connectivity index (χ2n) is 18.7. The van der Waals surface area contributed by atoms with E-state index in [1.807, 2.05) is 117 Å². The number of rotatable bonds is 22. The van der Waals surface area contributed by atoms with Crippen LogP contribution in [0.5, 0.6) is 17.4 Å². The first-order chi connectivity index (χ1) is 34.8. The number of aliphatic imine (C=N–C) groups is 1. The Morgan fingerprint density at radius 2 is 1.65 bits per heavy atom. The highest BCUT2D eigenvalue weighted by atomic mass is 32.1. The van der Waals surface area contributed by atoms with E-state index in [-0.39, 0.29) is 54.5 Å². The number of amides is 3. The minimum Gasteiger partial charge on any atom is -0.508 e. The molecule has 6 aromatic rings. The van der Waals surface area contributed by atoms with E-state index in [2.05, 4.69) is 34.5 Å². The Hall–Kier alpha value is -7.10. The fraction of sp³-hybridized carbons (Fsp3) is 0.368. The first-order valence-corrected chi connectivity index (χ1v) is 25.7. The van der Waals surface area contributed by atoms with Crippen LogP contribution in [-0.2, 0) is 24.7 Å². The molecule has 1 saturated heterocycles. The fourth-order valence-electron chi connectivity index (χ4n) is 9.43. The summed E-state index contributed by atoms with van der Waals surface area (Å²) in [5.41, 5.74) is 8.97. The molecule has 0 saturated carbocycles. The average molecular weight is 993 g/mol. The zero-order valence-corrected chi connectivity index (χ0v) is 42.7. The van der Waals surface area contributed by atoms with Crippen LogP contribution < -0.4 is 14.8 Å². The highest BCUT2D eigenvalue weighted by Gasteiger charge is 2.46. The topological polar surface area (TPSA) is 169 Å². The number of phenolic OH excluding ortho intramolecular Hbond substituents is 1. The molecule has 0 spiro atoms. The van der Waals surface area contributed by atoms with Crippen LogP contribution in [0.15, 0.2) is 124 Å². The predicted octanol–water partition coefficient (Wildman–Crippen LogP) is 10.1. The summed E-state index contributed by atoms with van der Waals surface area (Å²) in [4.78, 5) is 54.6. The molecule has 8 rings (SSSR count). The van der Waals surface area contributed by atoms with Crippen molar-refractivity contribution in [3.8, 4) is 27.8 Å². The Morgan fingerprint density at radius 3 is 2.33 bits per heavy atom. The van der Waals surface area contributed by atoms with Crippen LogP contribution in [0.1, 0.15) is 99.4 Å². The largest absolute Gasteiger partial charge is 0.508 e. The molecule has 2 aromatic heterocycles. The van der Waals surface area contributed by atoms with Gasteiger partial charge in [0.05, 0.1) is 35.3 Å². The Bertz CT molecular complexity index is 2860. The molecule has 3 amide bonds. The van der Waals surface area contributed by atoms with Crippen LogP contribution in [0, 0.1) is 12.8 Å². The maximum atomic E-state index is 14.3. The van der Waals surface area contributed by atoms with Crippen molar-refractivity contribution in [1.82, 2.24) is 25.3 Å². The molecule has 0 bridgehead atoms. The number of carbonyl (C=O) groups excluding carboxylic acids is 3. The third-order valence-electron chi connectivity index (χ3n) is 13.4. The number of likely N-dealkylation sites (tertiary alicyclic amines) is 1. The Balaban J connectivity index is 0.759. The molecule has 376 valence electrons. The quantitative estimate of drug-likeness (QED) is 0.0493. The van der Waals surface area contributed by atoms with Gasteiger partial charge in [-0.3, -0.25) is 14.4 Å². The van der Waals surface area contributed by atoms with Crippen molar-refractivity contribution in [2.75, 3.05) is 46.6 Å². The summed E-state index contributed by atoms with van der Waals surface area (Å²) in [5.74, 6) is 1.01. The number of ether oxygens (including phenoxy) is 3. The van der Waals surface area contributed by atoms with Crippen molar-refractivity contribution in [3.63, 3.8) is 0 Å². The number of benzene rings is 4. The molecular weight excluding hydrogens is 929 g/mol. The lowest BCUT2D eigenvalue weighted by molar-refractivity contribution is -0.134. The van der Waals surface area contributed by atoms with Gasteiger partial charge in [-0.2, -0.15) is 0 Å². The van der Waals surface area contributed by atoms with Gasteiger partial charge in [0.1, 0.15) is 36.5 Å². The van der Waals surface area contributed by atoms with E-state index in [4.69, 9.17) is 23.7 Å². The standard InChI is InChI=1S/C57H64N6O8S/c1-7-46(39-13-9-8-10-14-39)52(40-19-25-44(64)26-20-40)41-21-27-45(28-22-41)69-32-30-62(6)50(65)16-12-31-68-33-34-70-49-35-48(71-61-49)51(37(2)3)55(66)63-29-11-15-47(63)54-59-56(67)57(5,60-54)43-23-17-42(18-24-43)53-38(4)58-36-72-53/h8-10,13-14,17-28,35-37,47,51,64H,7,11-12,15-16,29-34H2,1-6H3,(H,59,60,67)/b52-46-/t47-,51?,57+/m1/s1. The molecule has 15 heteroatoms. The Kier molecular flexibility index (Phi) is 16.7. The first kappa shape index (κ1) is 51.3. The van der Waals surface area contributed by atoms with E-state index in [9.17, 15) is 19.5 Å². The lowest BCUT2D eigenvalue weighted by Crippen LogP contribution is -2.48. The lowest BCUT2D eigenvalue weighted by atomic mass is 9.88. The Morgan fingerprint density at radius 1 is 0.931 bits per heavy atom. The fourth-order valence-corrected chi connectivity index (χ4v) is 10.2. The molecule has 14 nitrogen and oxygen atoms in total. The first-order valence-electron chi connectivity index (χ1n) is 24.8. The lowest BCUT2D eigenvalue weighted by Gasteiger charge is -2.29.